The number of methoxy groups -OCH3 is 2. The Morgan fingerprint density at radius 1 is 1.18 bits per heavy atom. The van der Waals surface area contributed by atoms with E-state index in [9.17, 15) is 4.79 Å². The van der Waals surface area contributed by atoms with Crippen LogP contribution in [0.15, 0.2) is 18.2 Å². The number of nitrogens with zero attached hydrogens (tertiary/aromatic N) is 1. The van der Waals surface area contributed by atoms with E-state index < -0.39 is 0 Å². The largest absolute Gasteiger partial charge is 0.497 e. The summed E-state index contributed by atoms with van der Waals surface area (Å²) in [7, 11) is 3.29. The monoisotopic (exact) mass is 305 g/mol. The summed E-state index contributed by atoms with van der Waals surface area (Å²) in [5.41, 5.74) is 2.16. The summed E-state index contributed by atoms with van der Waals surface area (Å²) in [5, 5.41) is 1.07. The summed E-state index contributed by atoms with van der Waals surface area (Å²) in [6.07, 6.45) is 1.16. The molecule has 0 bridgehead atoms. The summed E-state index contributed by atoms with van der Waals surface area (Å²) in [6.45, 7) is 5.05. The molecule has 0 amide bonds. The Morgan fingerprint density at radius 2 is 1.95 bits per heavy atom. The summed E-state index contributed by atoms with van der Waals surface area (Å²) in [6, 6.07) is 5.97. The fourth-order valence-corrected chi connectivity index (χ4v) is 2.66. The standard InChI is InChI=1S/C17H23NO4/c1-5-22-16(19)7-6-8-18-12(2)9-13-10-14(20-3)11-15(21-4)17(13)18/h9-11H,5-8H2,1-4H3. The molecule has 5 nitrogen and oxygen atoms in total. The minimum Gasteiger partial charge on any atom is -0.497 e. The molecule has 0 atom stereocenters. The lowest BCUT2D eigenvalue weighted by Gasteiger charge is -2.12. The molecule has 1 aromatic carbocycles. The van der Waals surface area contributed by atoms with Crippen LogP contribution in [-0.4, -0.2) is 31.4 Å². The second kappa shape index (κ2) is 7.20. The van der Waals surface area contributed by atoms with Gasteiger partial charge in [0.15, 0.2) is 0 Å². The van der Waals surface area contributed by atoms with E-state index in [4.69, 9.17) is 14.2 Å². The quantitative estimate of drug-likeness (QED) is 0.736. The second-order valence-corrected chi connectivity index (χ2v) is 5.11. The van der Waals surface area contributed by atoms with Crippen molar-refractivity contribution in [3.8, 4) is 11.5 Å². The number of aromatic nitrogens is 1. The van der Waals surface area contributed by atoms with Crippen molar-refractivity contribution in [3.05, 3.63) is 23.9 Å². The molecule has 0 N–H and O–H groups in total. The topological polar surface area (TPSA) is 49.7 Å². The summed E-state index contributed by atoms with van der Waals surface area (Å²) < 4.78 is 17.9. The van der Waals surface area contributed by atoms with Crippen LogP contribution in [0.4, 0.5) is 0 Å². The molecule has 0 aliphatic heterocycles. The molecule has 0 saturated carbocycles. The van der Waals surface area contributed by atoms with Crippen LogP contribution in [0.5, 0.6) is 11.5 Å². The Hall–Kier alpha value is -2.17. The molecule has 5 heteroatoms. The van der Waals surface area contributed by atoms with Gasteiger partial charge in [-0.15, -0.1) is 0 Å². The number of fused-ring (bicyclic) bond motifs is 1. The highest BCUT2D eigenvalue weighted by atomic mass is 16.5. The van der Waals surface area contributed by atoms with E-state index in [0.29, 0.717) is 13.0 Å². The van der Waals surface area contributed by atoms with Crippen LogP contribution in [0.2, 0.25) is 0 Å². The van der Waals surface area contributed by atoms with E-state index in [-0.39, 0.29) is 5.97 Å². The van der Waals surface area contributed by atoms with Gasteiger partial charge in [0.2, 0.25) is 0 Å². The van der Waals surface area contributed by atoms with Crippen molar-refractivity contribution in [3.63, 3.8) is 0 Å². The zero-order valence-corrected chi connectivity index (χ0v) is 13.6. The summed E-state index contributed by atoms with van der Waals surface area (Å²) in [4.78, 5) is 11.5. The van der Waals surface area contributed by atoms with Crippen molar-refractivity contribution in [2.75, 3.05) is 20.8 Å². The maximum absolute atomic E-state index is 11.5. The summed E-state index contributed by atoms with van der Waals surface area (Å²) in [5.74, 6) is 1.40. The Bertz CT molecular complexity index is 660. The third-order valence-corrected chi connectivity index (χ3v) is 3.66. The minimum absolute atomic E-state index is 0.148. The number of carbonyl (C=O) groups is 1. The number of ether oxygens (including phenoxy) is 3. The molecular weight excluding hydrogens is 282 g/mol. The van der Waals surface area contributed by atoms with Gasteiger partial charge < -0.3 is 18.8 Å². The van der Waals surface area contributed by atoms with Crippen molar-refractivity contribution in [2.45, 2.75) is 33.2 Å². The van der Waals surface area contributed by atoms with E-state index in [2.05, 4.69) is 17.6 Å². The van der Waals surface area contributed by atoms with Gasteiger partial charge in [-0.1, -0.05) is 0 Å². The Morgan fingerprint density at radius 3 is 2.59 bits per heavy atom. The highest BCUT2D eigenvalue weighted by Crippen LogP contribution is 2.33. The van der Waals surface area contributed by atoms with Crippen LogP contribution in [0.1, 0.15) is 25.5 Å². The number of carbonyl (C=O) groups excluding carboxylic acids is 1. The molecule has 22 heavy (non-hydrogen) atoms. The van der Waals surface area contributed by atoms with Gasteiger partial charge in [0.1, 0.15) is 11.5 Å². The fraction of sp³-hybridized carbons (Fsp3) is 0.471. The predicted octanol–water partition coefficient (Wildman–Crippen LogP) is 3.31. The lowest BCUT2D eigenvalue weighted by Crippen LogP contribution is -2.07. The molecule has 0 fully saturated rings. The van der Waals surface area contributed by atoms with E-state index in [1.807, 2.05) is 19.1 Å². The first-order valence-electron chi connectivity index (χ1n) is 7.48. The average molecular weight is 305 g/mol. The van der Waals surface area contributed by atoms with Crippen LogP contribution in [0.3, 0.4) is 0 Å². The van der Waals surface area contributed by atoms with Crippen LogP contribution >= 0.6 is 0 Å². The molecule has 0 unspecified atom stereocenters. The number of rotatable bonds is 7. The van der Waals surface area contributed by atoms with E-state index in [1.165, 1.54) is 0 Å². The Balaban J connectivity index is 2.25. The molecule has 2 rings (SSSR count). The van der Waals surface area contributed by atoms with Crippen molar-refractivity contribution in [1.29, 1.82) is 0 Å². The molecule has 0 radical (unpaired) electrons. The van der Waals surface area contributed by atoms with Gasteiger partial charge in [-0.05, 0) is 32.4 Å². The maximum Gasteiger partial charge on any atom is 0.305 e. The second-order valence-electron chi connectivity index (χ2n) is 5.11. The number of hydrogen-bond acceptors (Lipinski definition) is 4. The predicted molar refractivity (Wildman–Crippen MR) is 85.6 cm³/mol. The smallest absolute Gasteiger partial charge is 0.305 e. The fourth-order valence-electron chi connectivity index (χ4n) is 2.66. The first kappa shape index (κ1) is 16.2. The average Bonchev–Trinajstić information content (AvgIpc) is 2.82. The van der Waals surface area contributed by atoms with E-state index in [1.54, 1.807) is 14.2 Å². The number of aryl methyl sites for hydroxylation is 2. The highest BCUT2D eigenvalue weighted by Gasteiger charge is 2.13. The molecular formula is C17H23NO4. The third-order valence-electron chi connectivity index (χ3n) is 3.66. The van der Waals surface area contributed by atoms with Crippen LogP contribution in [-0.2, 0) is 16.1 Å². The maximum atomic E-state index is 11.5. The van der Waals surface area contributed by atoms with Crippen LogP contribution in [0.25, 0.3) is 10.9 Å². The van der Waals surface area contributed by atoms with Crippen LogP contribution in [0, 0.1) is 6.92 Å². The van der Waals surface area contributed by atoms with Crippen molar-refractivity contribution < 1.29 is 19.0 Å². The first-order valence-corrected chi connectivity index (χ1v) is 7.48. The van der Waals surface area contributed by atoms with Gasteiger partial charge in [0.05, 0.1) is 26.3 Å². The number of esters is 1. The number of hydrogen-bond donors (Lipinski definition) is 0. The van der Waals surface area contributed by atoms with E-state index >= 15 is 0 Å². The van der Waals surface area contributed by atoms with Gasteiger partial charge in [-0.25, -0.2) is 0 Å². The van der Waals surface area contributed by atoms with Gasteiger partial charge in [0, 0.05) is 30.1 Å². The Kier molecular flexibility index (Phi) is 5.31. The Labute approximate surface area is 130 Å². The molecule has 0 aliphatic carbocycles. The molecule has 1 aromatic heterocycles. The zero-order chi connectivity index (χ0) is 16.1. The molecule has 120 valence electrons. The normalized spacial score (nSPS) is 10.7. The summed E-state index contributed by atoms with van der Waals surface area (Å²) >= 11 is 0. The van der Waals surface area contributed by atoms with Crippen molar-refractivity contribution in [1.82, 2.24) is 4.57 Å². The lowest BCUT2D eigenvalue weighted by molar-refractivity contribution is -0.143. The first-order chi connectivity index (χ1) is 10.6. The van der Waals surface area contributed by atoms with Gasteiger partial charge in [0.25, 0.3) is 0 Å². The van der Waals surface area contributed by atoms with Gasteiger partial charge >= 0.3 is 5.97 Å². The van der Waals surface area contributed by atoms with Gasteiger partial charge in [-0.2, -0.15) is 0 Å². The molecule has 0 aliphatic rings. The third kappa shape index (κ3) is 3.35. The number of benzene rings is 1. The molecule has 2 aromatic rings. The van der Waals surface area contributed by atoms with Crippen LogP contribution < -0.4 is 9.47 Å². The van der Waals surface area contributed by atoms with Gasteiger partial charge in [-0.3, -0.25) is 4.79 Å². The molecule has 0 spiro atoms. The zero-order valence-electron chi connectivity index (χ0n) is 13.6. The minimum atomic E-state index is -0.148. The van der Waals surface area contributed by atoms with Crippen molar-refractivity contribution >= 4 is 16.9 Å². The SMILES string of the molecule is CCOC(=O)CCCn1c(C)cc2cc(OC)cc(OC)c21. The molecule has 0 saturated heterocycles. The van der Waals surface area contributed by atoms with Crippen molar-refractivity contribution in [2.24, 2.45) is 0 Å². The van der Waals surface area contributed by atoms with E-state index in [0.717, 1.165) is 41.1 Å². The highest BCUT2D eigenvalue weighted by molar-refractivity contribution is 5.88. The lowest BCUT2D eigenvalue weighted by atomic mass is 10.2. The molecule has 1 heterocycles.